The summed E-state index contributed by atoms with van der Waals surface area (Å²) in [5, 5.41) is 0. The molecule has 7 heteroatoms. The Balaban J connectivity index is 2.90. The van der Waals surface area contributed by atoms with Crippen LogP contribution in [0.15, 0.2) is 24.3 Å². The molecule has 0 amide bonds. The summed E-state index contributed by atoms with van der Waals surface area (Å²) in [6, 6.07) is 7.49. The van der Waals surface area contributed by atoms with Gasteiger partial charge >= 0.3 is 17.9 Å². The highest BCUT2D eigenvalue weighted by molar-refractivity contribution is 5.82. The van der Waals surface area contributed by atoms with Crippen LogP contribution in [0.2, 0.25) is 0 Å². The fraction of sp³-hybridized carbons (Fsp3) is 0.550. The van der Waals surface area contributed by atoms with Gasteiger partial charge in [0.05, 0.1) is 19.8 Å². The molecule has 0 radical (unpaired) electrons. The Morgan fingerprint density at radius 2 is 1.33 bits per heavy atom. The number of anilines is 1. The first-order chi connectivity index (χ1) is 13.0. The van der Waals surface area contributed by atoms with Crippen molar-refractivity contribution in [2.24, 2.45) is 0 Å². The van der Waals surface area contributed by atoms with E-state index in [2.05, 4.69) is 0 Å². The second-order valence-corrected chi connectivity index (χ2v) is 5.75. The van der Waals surface area contributed by atoms with Crippen molar-refractivity contribution >= 4 is 23.6 Å². The molecule has 0 aliphatic rings. The minimum Gasteiger partial charge on any atom is -0.466 e. The van der Waals surface area contributed by atoms with Crippen molar-refractivity contribution in [2.75, 3.05) is 37.8 Å². The van der Waals surface area contributed by atoms with Crippen molar-refractivity contribution in [1.82, 2.24) is 0 Å². The zero-order valence-corrected chi connectivity index (χ0v) is 16.4. The van der Waals surface area contributed by atoms with Gasteiger partial charge in [0.2, 0.25) is 0 Å². The molecule has 0 bridgehead atoms. The summed E-state index contributed by atoms with van der Waals surface area (Å²) in [6.07, 6.45) is 1.55. The number of hydrogen-bond acceptors (Lipinski definition) is 7. The third kappa shape index (κ3) is 8.57. The Labute approximate surface area is 160 Å². The predicted octanol–water partition coefficient (Wildman–Crippen LogP) is 2.51. The van der Waals surface area contributed by atoms with Crippen molar-refractivity contribution in [1.29, 1.82) is 0 Å². The molecule has 0 N–H and O–H groups in total. The number of nitrogens with zero attached hydrogens (tertiary/aromatic N) is 1. The number of hydrogen-bond donors (Lipinski definition) is 0. The molecule has 0 saturated heterocycles. The van der Waals surface area contributed by atoms with Crippen molar-refractivity contribution < 1.29 is 28.6 Å². The molecule has 7 nitrogen and oxygen atoms in total. The molecule has 0 aliphatic carbocycles. The van der Waals surface area contributed by atoms with Crippen LogP contribution in [-0.4, -0.2) is 50.8 Å². The number of ether oxygens (including phenoxy) is 3. The molecule has 27 heavy (non-hydrogen) atoms. The molecule has 0 aromatic heterocycles. The number of benzene rings is 1. The first kappa shape index (κ1) is 22.5. The molecular formula is C20H29NO6. The van der Waals surface area contributed by atoms with Gasteiger partial charge in [0.1, 0.15) is 13.1 Å². The number of para-hydroxylation sites is 1. The lowest BCUT2D eigenvalue weighted by atomic mass is 10.0. The Morgan fingerprint density at radius 1 is 0.815 bits per heavy atom. The van der Waals surface area contributed by atoms with Crippen LogP contribution in [0.3, 0.4) is 0 Å². The molecule has 0 saturated carbocycles. The molecule has 0 aliphatic heterocycles. The SMILES string of the molecule is CCOC(=O)CCCc1ccccc1N(CC(=O)OCC)CC(=O)OCC. The molecular weight excluding hydrogens is 350 g/mol. The lowest BCUT2D eigenvalue weighted by Gasteiger charge is -2.25. The molecule has 150 valence electrons. The third-order valence-electron chi connectivity index (χ3n) is 3.72. The quantitative estimate of drug-likeness (QED) is 0.408. The van der Waals surface area contributed by atoms with E-state index in [1.807, 2.05) is 24.3 Å². The summed E-state index contributed by atoms with van der Waals surface area (Å²) in [5.41, 5.74) is 1.69. The summed E-state index contributed by atoms with van der Waals surface area (Å²) in [5.74, 6) is -1.06. The molecule has 1 rings (SSSR count). The number of carbonyl (C=O) groups is 3. The summed E-state index contributed by atoms with van der Waals surface area (Å²) >= 11 is 0. The maximum atomic E-state index is 12.0. The van der Waals surface area contributed by atoms with E-state index in [9.17, 15) is 14.4 Å². The molecule has 0 fully saturated rings. The Hall–Kier alpha value is -2.57. The zero-order valence-electron chi connectivity index (χ0n) is 16.4. The Bertz CT molecular complexity index is 596. The van der Waals surface area contributed by atoms with Crippen molar-refractivity contribution in [3.63, 3.8) is 0 Å². The first-order valence-corrected chi connectivity index (χ1v) is 9.31. The van der Waals surface area contributed by atoms with Gasteiger partial charge in [-0.05, 0) is 45.2 Å². The van der Waals surface area contributed by atoms with Crippen LogP contribution in [0, 0.1) is 0 Å². The lowest BCUT2D eigenvalue weighted by Crippen LogP contribution is -2.36. The maximum absolute atomic E-state index is 12.0. The number of aryl methyl sites for hydroxylation is 1. The van der Waals surface area contributed by atoms with E-state index in [0.717, 1.165) is 11.3 Å². The number of esters is 3. The Kier molecular flexibility index (Phi) is 10.6. The van der Waals surface area contributed by atoms with E-state index in [1.165, 1.54) is 0 Å². The minimum absolute atomic E-state index is 0.0540. The van der Waals surface area contributed by atoms with E-state index < -0.39 is 11.9 Å². The third-order valence-corrected chi connectivity index (χ3v) is 3.72. The summed E-state index contributed by atoms with van der Waals surface area (Å²) in [4.78, 5) is 37.1. The molecule has 0 atom stereocenters. The fourth-order valence-electron chi connectivity index (χ4n) is 2.64. The smallest absolute Gasteiger partial charge is 0.325 e. The molecule has 0 heterocycles. The highest BCUT2D eigenvalue weighted by Gasteiger charge is 2.19. The molecule has 0 unspecified atom stereocenters. The van der Waals surface area contributed by atoms with Gasteiger partial charge in [-0.3, -0.25) is 14.4 Å². The average molecular weight is 379 g/mol. The monoisotopic (exact) mass is 379 g/mol. The van der Waals surface area contributed by atoms with Crippen LogP contribution in [0.4, 0.5) is 5.69 Å². The van der Waals surface area contributed by atoms with Gasteiger partial charge in [-0.15, -0.1) is 0 Å². The predicted molar refractivity (Wildman–Crippen MR) is 101 cm³/mol. The lowest BCUT2D eigenvalue weighted by molar-refractivity contribution is -0.144. The van der Waals surface area contributed by atoms with E-state index in [1.54, 1.807) is 25.7 Å². The number of rotatable bonds is 12. The van der Waals surface area contributed by atoms with Crippen LogP contribution in [0.1, 0.15) is 39.2 Å². The highest BCUT2D eigenvalue weighted by atomic mass is 16.5. The van der Waals surface area contributed by atoms with Gasteiger partial charge in [0.15, 0.2) is 0 Å². The highest BCUT2D eigenvalue weighted by Crippen LogP contribution is 2.22. The maximum Gasteiger partial charge on any atom is 0.325 e. The van der Waals surface area contributed by atoms with Crippen LogP contribution >= 0.6 is 0 Å². The standard InChI is InChI=1S/C20H29NO6/c1-4-25-18(22)13-9-11-16-10-7-8-12-17(16)21(14-19(23)26-5-2)15-20(24)27-6-3/h7-8,10,12H,4-6,9,11,13-15H2,1-3H3. The second-order valence-electron chi connectivity index (χ2n) is 5.75. The van der Waals surface area contributed by atoms with E-state index in [4.69, 9.17) is 14.2 Å². The van der Waals surface area contributed by atoms with Crippen molar-refractivity contribution in [2.45, 2.75) is 40.0 Å². The topological polar surface area (TPSA) is 82.1 Å². The molecule has 0 spiro atoms. The normalized spacial score (nSPS) is 10.2. The van der Waals surface area contributed by atoms with Crippen LogP contribution in [0.25, 0.3) is 0 Å². The van der Waals surface area contributed by atoms with Crippen LogP contribution in [0.5, 0.6) is 0 Å². The summed E-state index contributed by atoms with van der Waals surface area (Å²) in [7, 11) is 0. The van der Waals surface area contributed by atoms with Crippen molar-refractivity contribution in [3.8, 4) is 0 Å². The van der Waals surface area contributed by atoms with Gasteiger partial charge in [0.25, 0.3) is 0 Å². The van der Waals surface area contributed by atoms with Gasteiger partial charge in [-0.1, -0.05) is 18.2 Å². The van der Waals surface area contributed by atoms with E-state index in [-0.39, 0.29) is 32.3 Å². The van der Waals surface area contributed by atoms with Gasteiger partial charge < -0.3 is 19.1 Å². The first-order valence-electron chi connectivity index (χ1n) is 9.31. The van der Waals surface area contributed by atoms with Gasteiger partial charge in [0, 0.05) is 12.1 Å². The summed E-state index contributed by atoms with van der Waals surface area (Å²) in [6.45, 7) is 6.04. The van der Waals surface area contributed by atoms with Gasteiger partial charge in [-0.2, -0.15) is 0 Å². The van der Waals surface area contributed by atoms with Crippen molar-refractivity contribution in [3.05, 3.63) is 29.8 Å². The van der Waals surface area contributed by atoms with E-state index in [0.29, 0.717) is 25.9 Å². The largest absolute Gasteiger partial charge is 0.466 e. The molecule has 1 aromatic carbocycles. The zero-order chi connectivity index (χ0) is 20.1. The van der Waals surface area contributed by atoms with Crippen LogP contribution < -0.4 is 4.90 Å². The number of carbonyl (C=O) groups excluding carboxylic acids is 3. The minimum atomic E-state index is -0.414. The van der Waals surface area contributed by atoms with E-state index >= 15 is 0 Å². The fourth-order valence-corrected chi connectivity index (χ4v) is 2.64. The van der Waals surface area contributed by atoms with Gasteiger partial charge in [-0.25, -0.2) is 0 Å². The summed E-state index contributed by atoms with van der Waals surface area (Å²) < 4.78 is 15.0. The second kappa shape index (κ2) is 12.7. The molecule has 1 aromatic rings. The Morgan fingerprint density at radius 3 is 1.89 bits per heavy atom. The average Bonchev–Trinajstić information content (AvgIpc) is 2.62. The van der Waals surface area contributed by atoms with Crippen LogP contribution in [-0.2, 0) is 35.0 Å².